The number of aromatic nitrogens is 2. The Morgan fingerprint density at radius 1 is 1.00 bits per heavy atom. The lowest BCUT2D eigenvalue weighted by atomic mass is 10.1. The van der Waals surface area contributed by atoms with Crippen molar-refractivity contribution in [1.29, 1.82) is 0 Å². The van der Waals surface area contributed by atoms with Gasteiger partial charge in [-0.1, -0.05) is 0 Å². The second kappa shape index (κ2) is 5.66. The SMILES string of the molecule is O=S1(=O)CCc2c1ccc1ncnc(Nc3ccc(C(F)(F)F)cc3)c21. The average Bonchev–Trinajstić information content (AvgIpc) is 2.90. The highest BCUT2D eigenvalue weighted by molar-refractivity contribution is 7.91. The number of nitrogens with one attached hydrogen (secondary N) is 1. The molecule has 1 aliphatic heterocycles. The van der Waals surface area contributed by atoms with E-state index in [1.807, 2.05) is 0 Å². The number of anilines is 2. The first-order valence-electron chi connectivity index (χ1n) is 7.69. The number of nitrogens with zero attached hydrogens (tertiary/aromatic N) is 2. The van der Waals surface area contributed by atoms with Crippen LogP contribution in [-0.2, 0) is 22.4 Å². The van der Waals surface area contributed by atoms with Crippen LogP contribution in [0.5, 0.6) is 0 Å². The number of alkyl halides is 3. The molecular formula is C17H12F3N3O2S. The molecule has 0 amide bonds. The minimum absolute atomic E-state index is 0.0239. The summed E-state index contributed by atoms with van der Waals surface area (Å²) in [5.74, 6) is 0.388. The Morgan fingerprint density at radius 2 is 1.73 bits per heavy atom. The number of sulfone groups is 1. The number of rotatable bonds is 2. The van der Waals surface area contributed by atoms with Gasteiger partial charge in [-0.05, 0) is 48.4 Å². The maximum Gasteiger partial charge on any atom is 0.416 e. The molecule has 0 bridgehead atoms. The highest BCUT2D eigenvalue weighted by Crippen LogP contribution is 2.36. The zero-order chi connectivity index (χ0) is 18.5. The van der Waals surface area contributed by atoms with Crippen LogP contribution < -0.4 is 5.32 Å². The van der Waals surface area contributed by atoms with Gasteiger partial charge in [-0.15, -0.1) is 0 Å². The van der Waals surface area contributed by atoms with Gasteiger partial charge >= 0.3 is 6.18 Å². The molecule has 0 saturated carbocycles. The molecule has 0 fully saturated rings. The maximum absolute atomic E-state index is 12.7. The molecule has 4 rings (SSSR count). The molecule has 0 saturated heterocycles. The zero-order valence-electron chi connectivity index (χ0n) is 13.2. The highest BCUT2D eigenvalue weighted by atomic mass is 32.2. The van der Waals surface area contributed by atoms with Gasteiger partial charge in [-0.25, -0.2) is 18.4 Å². The largest absolute Gasteiger partial charge is 0.416 e. The highest BCUT2D eigenvalue weighted by Gasteiger charge is 2.30. The van der Waals surface area contributed by atoms with E-state index in [0.29, 0.717) is 34.4 Å². The van der Waals surface area contributed by atoms with Crippen molar-refractivity contribution in [2.24, 2.45) is 0 Å². The van der Waals surface area contributed by atoms with Gasteiger partial charge in [0.15, 0.2) is 9.84 Å². The monoisotopic (exact) mass is 379 g/mol. The molecule has 1 aromatic heterocycles. The third-order valence-electron chi connectivity index (χ3n) is 4.30. The van der Waals surface area contributed by atoms with Crippen LogP contribution in [0, 0.1) is 0 Å². The van der Waals surface area contributed by atoms with Crippen molar-refractivity contribution in [1.82, 2.24) is 9.97 Å². The van der Waals surface area contributed by atoms with E-state index in [4.69, 9.17) is 0 Å². The zero-order valence-corrected chi connectivity index (χ0v) is 14.0. The summed E-state index contributed by atoms with van der Waals surface area (Å²) in [7, 11) is -3.32. The Morgan fingerprint density at radius 3 is 2.42 bits per heavy atom. The van der Waals surface area contributed by atoms with Gasteiger partial charge in [0.1, 0.15) is 12.1 Å². The fourth-order valence-electron chi connectivity index (χ4n) is 3.06. The fraction of sp³-hybridized carbons (Fsp3) is 0.176. The van der Waals surface area contributed by atoms with Crippen LogP contribution in [0.3, 0.4) is 0 Å². The molecule has 2 heterocycles. The summed E-state index contributed by atoms with van der Waals surface area (Å²) in [5, 5.41) is 3.54. The summed E-state index contributed by atoms with van der Waals surface area (Å²) in [6.07, 6.45) is -2.73. The van der Waals surface area contributed by atoms with E-state index in [0.717, 1.165) is 12.1 Å². The Balaban J connectivity index is 1.79. The molecule has 0 aliphatic carbocycles. The number of aryl methyl sites for hydroxylation is 1. The Hall–Kier alpha value is -2.68. The van der Waals surface area contributed by atoms with Crippen molar-refractivity contribution in [2.45, 2.75) is 17.5 Å². The molecule has 1 aliphatic rings. The molecule has 0 radical (unpaired) electrons. The summed E-state index contributed by atoms with van der Waals surface area (Å²) in [4.78, 5) is 8.58. The fourth-order valence-corrected chi connectivity index (χ4v) is 4.61. The number of hydrogen-bond donors (Lipinski definition) is 1. The molecule has 0 atom stereocenters. The standard InChI is InChI=1S/C17H12F3N3O2S/c18-17(19,20)10-1-3-11(4-2-10)23-16-15-12-7-8-26(24,25)14(12)6-5-13(15)21-9-22-16/h1-6,9H,7-8H2,(H,21,22,23). The van der Waals surface area contributed by atoms with Gasteiger partial charge in [0.25, 0.3) is 0 Å². The molecule has 0 spiro atoms. The van der Waals surface area contributed by atoms with Crippen LogP contribution in [0.1, 0.15) is 11.1 Å². The lowest BCUT2D eigenvalue weighted by Crippen LogP contribution is -2.05. The first-order valence-corrected chi connectivity index (χ1v) is 9.34. The number of hydrogen-bond acceptors (Lipinski definition) is 5. The molecule has 9 heteroatoms. The summed E-state index contributed by atoms with van der Waals surface area (Å²) in [5.41, 5.74) is 0.877. The van der Waals surface area contributed by atoms with Crippen molar-refractivity contribution in [3.8, 4) is 0 Å². The minimum atomic E-state index is -4.41. The van der Waals surface area contributed by atoms with Gasteiger partial charge in [0, 0.05) is 11.1 Å². The number of halogens is 3. The van der Waals surface area contributed by atoms with Gasteiger partial charge < -0.3 is 5.32 Å². The molecular weight excluding hydrogens is 367 g/mol. The van der Waals surface area contributed by atoms with Crippen LogP contribution in [0.4, 0.5) is 24.7 Å². The third-order valence-corrected chi connectivity index (χ3v) is 6.09. The van der Waals surface area contributed by atoms with Gasteiger partial charge in [-0.3, -0.25) is 0 Å². The molecule has 0 unspecified atom stereocenters. The smallest absolute Gasteiger partial charge is 0.340 e. The molecule has 2 aromatic carbocycles. The topological polar surface area (TPSA) is 72.0 Å². The molecule has 3 aromatic rings. The average molecular weight is 379 g/mol. The second-order valence-corrected chi connectivity index (χ2v) is 8.01. The molecule has 1 N–H and O–H groups in total. The Labute approximate surface area is 146 Å². The van der Waals surface area contributed by atoms with E-state index in [1.165, 1.54) is 24.5 Å². The minimum Gasteiger partial charge on any atom is -0.340 e. The first-order chi connectivity index (χ1) is 12.3. The molecule has 134 valence electrons. The summed E-state index contributed by atoms with van der Waals surface area (Å²) in [6, 6.07) is 7.69. The van der Waals surface area contributed by atoms with Crippen LogP contribution >= 0.6 is 0 Å². The first kappa shape index (κ1) is 16.8. The lowest BCUT2D eigenvalue weighted by Gasteiger charge is -2.12. The summed E-state index contributed by atoms with van der Waals surface area (Å²) < 4.78 is 62.3. The van der Waals surface area contributed by atoms with E-state index < -0.39 is 21.6 Å². The number of fused-ring (bicyclic) bond motifs is 3. The van der Waals surface area contributed by atoms with Gasteiger partial charge in [-0.2, -0.15) is 13.2 Å². The lowest BCUT2D eigenvalue weighted by molar-refractivity contribution is -0.137. The van der Waals surface area contributed by atoms with E-state index in [9.17, 15) is 21.6 Å². The maximum atomic E-state index is 12.7. The summed E-state index contributed by atoms with van der Waals surface area (Å²) >= 11 is 0. The number of benzene rings is 2. The predicted octanol–water partition coefficient (Wildman–Crippen LogP) is 3.72. The van der Waals surface area contributed by atoms with E-state index in [1.54, 1.807) is 6.07 Å². The quantitative estimate of drug-likeness (QED) is 0.735. The summed E-state index contributed by atoms with van der Waals surface area (Å²) in [6.45, 7) is 0. The van der Waals surface area contributed by atoms with Crippen molar-refractivity contribution in [2.75, 3.05) is 11.1 Å². The Kier molecular flexibility index (Phi) is 3.65. The normalized spacial score (nSPS) is 15.8. The predicted molar refractivity (Wildman–Crippen MR) is 90.0 cm³/mol. The van der Waals surface area contributed by atoms with Gasteiger partial charge in [0.05, 0.1) is 21.7 Å². The van der Waals surface area contributed by atoms with Crippen LogP contribution in [0.25, 0.3) is 10.9 Å². The Bertz CT molecular complexity index is 1110. The van der Waals surface area contributed by atoms with Crippen molar-refractivity contribution < 1.29 is 21.6 Å². The van der Waals surface area contributed by atoms with Crippen LogP contribution in [0.15, 0.2) is 47.6 Å². The van der Waals surface area contributed by atoms with Crippen molar-refractivity contribution >= 4 is 32.2 Å². The van der Waals surface area contributed by atoms with Crippen molar-refractivity contribution in [3.63, 3.8) is 0 Å². The molecule has 26 heavy (non-hydrogen) atoms. The van der Waals surface area contributed by atoms with Crippen molar-refractivity contribution in [3.05, 3.63) is 53.9 Å². The second-order valence-electron chi connectivity index (χ2n) is 5.93. The van der Waals surface area contributed by atoms with Crippen LogP contribution in [-0.4, -0.2) is 24.1 Å². The van der Waals surface area contributed by atoms with Gasteiger partial charge in [0.2, 0.25) is 0 Å². The third kappa shape index (κ3) is 2.78. The van der Waals surface area contributed by atoms with Crippen LogP contribution in [0.2, 0.25) is 0 Å². The van der Waals surface area contributed by atoms with E-state index in [-0.39, 0.29) is 10.6 Å². The van der Waals surface area contributed by atoms with E-state index >= 15 is 0 Å². The van der Waals surface area contributed by atoms with E-state index in [2.05, 4.69) is 15.3 Å². The molecule has 5 nitrogen and oxygen atoms in total.